The van der Waals surface area contributed by atoms with Crippen LogP contribution in [0.15, 0.2) is 42.6 Å². The molecule has 1 N–H and O–H groups in total. The predicted molar refractivity (Wildman–Crippen MR) is 134 cm³/mol. The predicted octanol–water partition coefficient (Wildman–Crippen LogP) is 2.35. The molecule has 0 saturated carbocycles. The largest absolute Gasteiger partial charge is 0.378 e. The number of aromatic nitrogens is 4. The summed E-state index contributed by atoms with van der Waals surface area (Å²) >= 11 is 1.41. The van der Waals surface area contributed by atoms with E-state index in [1.54, 1.807) is 20.4 Å². The minimum absolute atomic E-state index is 0.0413. The highest BCUT2D eigenvalue weighted by molar-refractivity contribution is 7.15. The van der Waals surface area contributed by atoms with Crippen molar-refractivity contribution in [2.24, 2.45) is 0 Å². The van der Waals surface area contributed by atoms with E-state index in [1.807, 2.05) is 36.4 Å². The van der Waals surface area contributed by atoms with Gasteiger partial charge in [-0.3, -0.25) is 4.79 Å². The van der Waals surface area contributed by atoms with E-state index in [0.717, 1.165) is 54.8 Å². The smallest absolute Gasteiger partial charge is 0.205 e. The maximum Gasteiger partial charge on any atom is 0.205 e. The normalized spacial score (nSPS) is 19.0. The number of nitrogens with zero attached hydrogens (tertiary/aromatic N) is 6. The van der Waals surface area contributed by atoms with Crippen molar-refractivity contribution < 1.29 is 14.3 Å². The second-order valence-electron chi connectivity index (χ2n) is 8.78. The van der Waals surface area contributed by atoms with Gasteiger partial charge in [-0.05, 0) is 36.2 Å². The number of hydrogen-bond acceptors (Lipinski definition) is 11. The first kappa shape index (κ1) is 23.6. The molecule has 0 radical (unpaired) electrons. The monoisotopic (exact) mass is 495 g/mol. The van der Waals surface area contributed by atoms with Gasteiger partial charge in [0.15, 0.2) is 11.6 Å². The molecular formula is C24H29N7O3S. The maximum atomic E-state index is 13.1. The summed E-state index contributed by atoms with van der Waals surface area (Å²) in [5, 5.41) is 21.5. The number of rotatable bonds is 10. The van der Waals surface area contributed by atoms with Gasteiger partial charge in [-0.1, -0.05) is 23.5 Å². The molecule has 2 aliphatic rings. The summed E-state index contributed by atoms with van der Waals surface area (Å²) in [6.45, 7) is 3.42. The van der Waals surface area contributed by atoms with E-state index in [2.05, 4.69) is 35.5 Å². The van der Waals surface area contributed by atoms with Gasteiger partial charge in [0.2, 0.25) is 5.13 Å². The van der Waals surface area contributed by atoms with Gasteiger partial charge in [0, 0.05) is 58.3 Å². The standard InChI is InChI=1S/C24H29N7O3S/c1-33-19-14-31(15-19)18-6-3-5-16(11-18)23(34-2)20(32)12-22-28-29-24(35-22)26-17-8-10-30(13-17)21-7-4-9-25-27-21/h3-7,9,11,17,19,23H,8,10,12-15H2,1-2H3,(H,26,29)/t17-,23+/m1/s1. The molecule has 2 fully saturated rings. The van der Waals surface area contributed by atoms with Gasteiger partial charge in [-0.15, -0.1) is 15.3 Å². The molecule has 0 spiro atoms. The van der Waals surface area contributed by atoms with Crippen LogP contribution in [-0.2, 0) is 20.7 Å². The third-order valence-electron chi connectivity index (χ3n) is 6.44. The molecule has 1 aromatic carbocycles. The molecule has 0 bridgehead atoms. The third kappa shape index (κ3) is 5.42. The molecule has 0 aliphatic carbocycles. The van der Waals surface area contributed by atoms with Crippen molar-refractivity contribution in [3.05, 3.63) is 53.2 Å². The number of anilines is 3. The Labute approximate surface area is 208 Å². The Kier molecular flexibility index (Phi) is 7.16. The molecule has 2 atom stereocenters. The summed E-state index contributed by atoms with van der Waals surface area (Å²) in [7, 11) is 3.30. The van der Waals surface area contributed by atoms with E-state index >= 15 is 0 Å². The Morgan fingerprint density at radius 3 is 2.80 bits per heavy atom. The average Bonchev–Trinajstić information content (AvgIpc) is 3.50. The minimum Gasteiger partial charge on any atom is -0.378 e. The van der Waals surface area contributed by atoms with Crippen molar-refractivity contribution in [2.75, 3.05) is 55.5 Å². The van der Waals surface area contributed by atoms with Crippen LogP contribution < -0.4 is 15.1 Å². The molecule has 0 amide bonds. The minimum atomic E-state index is -0.648. The second-order valence-corrected chi connectivity index (χ2v) is 9.84. The molecular weight excluding hydrogens is 466 g/mol. The van der Waals surface area contributed by atoms with Crippen LogP contribution in [0.1, 0.15) is 23.1 Å². The van der Waals surface area contributed by atoms with Gasteiger partial charge in [-0.2, -0.15) is 5.10 Å². The zero-order chi connectivity index (χ0) is 24.2. The fraction of sp³-hybridized carbons (Fsp3) is 0.458. The van der Waals surface area contributed by atoms with Crippen LogP contribution >= 0.6 is 11.3 Å². The van der Waals surface area contributed by atoms with Gasteiger partial charge >= 0.3 is 0 Å². The van der Waals surface area contributed by atoms with E-state index in [4.69, 9.17) is 9.47 Å². The van der Waals surface area contributed by atoms with Gasteiger partial charge in [0.25, 0.3) is 0 Å². The Hall–Kier alpha value is -3.15. The lowest BCUT2D eigenvalue weighted by Gasteiger charge is -2.40. The molecule has 35 heavy (non-hydrogen) atoms. The number of ether oxygens (including phenoxy) is 2. The molecule has 5 rings (SSSR count). The van der Waals surface area contributed by atoms with Crippen molar-refractivity contribution in [2.45, 2.75) is 31.1 Å². The molecule has 0 unspecified atom stereocenters. The molecule has 3 aromatic rings. The third-order valence-corrected chi connectivity index (χ3v) is 7.29. The van der Waals surface area contributed by atoms with Crippen LogP contribution in [0.25, 0.3) is 0 Å². The molecule has 2 aliphatic heterocycles. The summed E-state index contributed by atoms with van der Waals surface area (Å²) in [6.07, 6.45) is 2.43. The van der Waals surface area contributed by atoms with Crippen LogP contribution in [0, 0.1) is 0 Å². The van der Waals surface area contributed by atoms with Crippen LogP contribution in [0.4, 0.5) is 16.6 Å². The fourth-order valence-electron chi connectivity index (χ4n) is 4.48. The van der Waals surface area contributed by atoms with Crippen LogP contribution in [-0.4, -0.2) is 78.7 Å². The number of ketones is 1. The molecule has 11 heteroatoms. The van der Waals surface area contributed by atoms with Crippen molar-refractivity contribution in [3.8, 4) is 0 Å². The Bertz CT molecular complexity index is 1140. The Morgan fingerprint density at radius 2 is 2.03 bits per heavy atom. The van der Waals surface area contributed by atoms with E-state index in [1.165, 1.54) is 11.3 Å². The quantitative estimate of drug-likeness (QED) is 0.451. The summed E-state index contributed by atoms with van der Waals surface area (Å²) in [5.74, 6) is 0.836. The number of benzene rings is 1. The number of Topliss-reactive ketones (excluding diaryl/α,β-unsaturated/α-hetero) is 1. The van der Waals surface area contributed by atoms with Crippen LogP contribution in [0.5, 0.6) is 0 Å². The highest BCUT2D eigenvalue weighted by Crippen LogP contribution is 2.29. The molecule has 2 saturated heterocycles. The highest BCUT2D eigenvalue weighted by Gasteiger charge is 2.29. The Morgan fingerprint density at radius 1 is 1.14 bits per heavy atom. The average molecular weight is 496 g/mol. The second kappa shape index (κ2) is 10.6. The lowest BCUT2D eigenvalue weighted by atomic mass is 10.0. The zero-order valence-corrected chi connectivity index (χ0v) is 20.6. The molecule has 184 valence electrons. The SMILES string of the molecule is COC1CN(c2cccc([C@H](OC)C(=O)Cc3nnc(N[C@@H]4CCN(c5cccnn5)C4)s3)c2)C1. The summed E-state index contributed by atoms with van der Waals surface area (Å²) in [5.41, 5.74) is 1.91. The topological polar surface area (TPSA) is 106 Å². The lowest BCUT2D eigenvalue weighted by Crippen LogP contribution is -2.51. The lowest BCUT2D eigenvalue weighted by molar-refractivity contribution is -0.128. The zero-order valence-electron chi connectivity index (χ0n) is 19.8. The summed E-state index contributed by atoms with van der Waals surface area (Å²) in [6, 6.07) is 12.1. The molecule has 4 heterocycles. The van der Waals surface area contributed by atoms with Crippen LogP contribution in [0.2, 0.25) is 0 Å². The number of carbonyl (C=O) groups excluding carboxylic acids is 1. The van der Waals surface area contributed by atoms with Gasteiger partial charge in [-0.25, -0.2) is 0 Å². The van der Waals surface area contributed by atoms with Crippen molar-refractivity contribution in [1.29, 1.82) is 0 Å². The van der Waals surface area contributed by atoms with Crippen molar-refractivity contribution >= 4 is 33.8 Å². The van der Waals surface area contributed by atoms with E-state index < -0.39 is 6.10 Å². The van der Waals surface area contributed by atoms with Crippen molar-refractivity contribution in [1.82, 2.24) is 20.4 Å². The van der Waals surface area contributed by atoms with E-state index in [-0.39, 0.29) is 24.3 Å². The highest BCUT2D eigenvalue weighted by atomic mass is 32.1. The summed E-state index contributed by atoms with van der Waals surface area (Å²) in [4.78, 5) is 17.5. The number of methoxy groups -OCH3 is 2. The number of nitrogens with one attached hydrogen (secondary N) is 1. The van der Waals surface area contributed by atoms with Gasteiger partial charge < -0.3 is 24.6 Å². The molecule has 10 nitrogen and oxygen atoms in total. The summed E-state index contributed by atoms with van der Waals surface area (Å²) < 4.78 is 11.0. The first-order valence-corrected chi connectivity index (χ1v) is 12.5. The molecule has 2 aromatic heterocycles. The number of hydrogen-bond donors (Lipinski definition) is 1. The van der Waals surface area contributed by atoms with Gasteiger partial charge in [0.1, 0.15) is 11.1 Å². The van der Waals surface area contributed by atoms with Gasteiger partial charge in [0.05, 0.1) is 12.5 Å². The maximum absolute atomic E-state index is 13.1. The number of carbonyl (C=O) groups is 1. The Balaban J connectivity index is 1.17. The van der Waals surface area contributed by atoms with E-state index in [0.29, 0.717) is 5.01 Å². The van der Waals surface area contributed by atoms with Crippen molar-refractivity contribution in [3.63, 3.8) is 0 Å². The fourth-order valence-corrected chi connectivity index (χ4v) is 5.31. The first-order chi connectivity index (χ1) is 17.1. The first-order valence-electron chi connectivity index (χ1n) is 11.7. The van der Waals surface area contributed by atoms with Crippen LogP contribution in [0.3, 0.4) is 0 Å². The van der Waals surface area contributed by atoms with E-state index in [9.17, 15) is 4.79 Å².